The topological polar surface area (TPSA) is 35.9 Å². The Hall–Kier alpha value is -5.16. The molecule has 0 saturated carbocycles. The van der Waals surface area contributed by atoms with E-state index in [4.69, 9.17) is 9.72 Å². The number of fused-ring (bicyclic) bond motifs is 3. The third-order valence-corrected chi connectivity index (χ3v) is 8.95. The molecule has 7 rings (SSSR count). The Morgan fingerprint density at radius 2 is 1.51 bits per heavy atom. The summed E-state index contributed by atoms with van der Waals surface area (Å²) >= 11 is 0. The summed E-state index contributed by atoms with van der Waals surface area (Å²) in [7, 11) is 0. The predicted octanol–water partition coefficient (Wildman–Crippen LogP) is 9.37. The largest absolute Gasteiger partial charge is 0.458 e. The van der Waals surface area contributed by atoms with Crippen LogP contribution in [0.15, 0.2) is 104 Å². The molecule has 0 aliphatic rings. The van der Waals surface area contributed by atoms with Crippen molar-refractivity contribution in [2.24, 2.45) is 0 Å². The van der Waals surface area contributed by atoms with Crippen LogP contribution >= 0.6 is 0 Å². The fourth-order valence-electron chi connectivity index (χ4n) is 6.33. The molecule has 3 heterocycles. The van der Waals surface area contributed by atoms with Crippen molar-refractivity contribution < 1.29 is 9.30 Å². The van der Waals surface area contributed by atoms with Crippen molar-refractivity contribution in [3.63, 3.8) is 0 Å². The van der Waals surface area contributed by atoms with E-state index in [1.807, 2.05) is 35.2 Å². The van der Waals surface area contributed by atoms with Gasteiger partial charge in [-0.05, 0) is 109 Å². The van der Waals surface area contributed by atoms with E-state index in [0.29, 0.717) is 0 Å². The maximum Gasteiger partial charge on any atom is 0.268 e. The highest BCUT2D eigenvalue weighted by Gasteiger charge is 2.18. The van der Waals surface area contributed by atoms with Crippen LogP contribution in [0.25, 0.3) is 39.0 Å². The summed E-state index contributed by atoms with van der Waals surface area (Å²) in [5.41, 5.74) is 10.7. The Balaban J connectivity index is 1.26. The van der Waals surface area contributed by atoms with Crippen molar-refractivity contribution in [2.75, 3.05) is 0 Å². The number of rotatable bonds is 5. The summed E-state index contributed by atoms with van der Waals surface area (Å²) in [4.78, 5) is 4.81. The van der Waals surface area contributed by atoms with Crippen molar-refractivity contribution in [2.45, 2.75) is 53.9 Å². The first kappa shape index (κ1) is 28.6. The van der Waals surface area contributed by atoms with Gasteiger partial charge in [0.05, 0.1) is 22.4 Å². The second kappa shape index (κ2) is 10.8. The van der Waals surface area contributed by atoms with Crippen LogP contribution in [0.2, 0.25) is 0 Å². The lowest BCUT2D eigenvalue weighted by molar-refractivity contribution is -0.600. The molecular weight excluding hydrogens is 552 g/mol. The van der Waals surface area contributed by atoms with Crippen LogP contribution in [0.3, 0.4) is 0 Å². The van der Waals surface area contributed by atoms with E-state index >= 15 is 0 Å². The van der Waals surface area contributed by atoms with E-state index in [1.54, 1.807) is 0 Å². The molecule has 0 saturated heterocycles. The monoisotopic (exact) mass is 590 g/mol. The molecule has 5 nitrogen and oxygen atoms in total. The highest BCUT2D eigenvalue weighted by molar-refractivity contribution is 6.09. The number of pyridine rings is 1. The van der Waals surface area contributed by atoms with E-state index in [-0.39, 0.29) is 5.41 Å². The number of hydrogen-bond donors (Lipinski definition) is 0. The van der Waals surface area contributed by atoms with Gasteiger partial charge in [-0.2, -0.15) is 0 Å². The minimum Gasteiger partial charge on any atom is -0.458 e. The van der Waals surface area contributed by atoms with Crippen LogP contribution in [-0.4, -0.2) is 14.1 Å². The van der Waals surface area contributed by atoms with Gasteiger partial charge in [-0.15, -0.1) is 0 Å². The van der Waals surface area contributed by atoms with Gasteiger partial charge in [0.1, 0.15) is 17.3 Å². The molecule has 3 aromatic heterocycles. The Bertz CT molecular complexity index is 2230. The lowest BCUT2D eigenvalue weighted by atomic mass is 9.88. The zero-order valence-electron chi connectivity index (χ0n) is 27.0. The fourth-order valence-corrected chi connectivity index (χ4v) is 6.33. The van der Waals surface area contributed by atoms with Crippen molar-refractivity contribution in [1.29, 1.82) is 0 Å². The molecule has 224 valence electrons. The minimum absolute atomic E-state index is 0.0168. The number of ether oxygens (including phenoxy) is 1. The van der Waals surface area contributed by atoms with Gasteiger partial charge in [0.2, 0.25) is 0 Å². The fraction of sp³-hybridized carbons (Fsp3) is 0.200. The summed E-state index contributed by atoms with van der Waals surface area (Å²) < 4.78 is 12.8. The lowest BCUT2D eigenvalue weighted by Gasteiger charge is -2.20. The van der Waals surface area contributed by atoms with Crippen molar-refractivity contribution in [3.05, 3.63) is 138 Å². The molecule has 0 amide bonds. The Labute approximate surface area is 265 Å². The van der Waals surface area contributed by atoms with E-state index < -0.39 is 0 Å². The first-order chi connectivity index (χ1) is 21.6. The van der Waals surface area contributed by atoms with Crippen molar-refractivity contribution in [1.82, 2.24) is 14.1 Å². The number of para-hydroxylation sites is 1. The maximum atomic E-state index is 6.50. The number of aryl methyl sites for hydroxylation is 2. The molecule has 0 aliphatic carbocycles. The van der Waals surface area contributed by atoms with Crippen LogP contribution in [-0.2, 0) is 5.41 Å². The van der Waals surface area contributed by atoms with E-state index in [9.17, 15) is 0 Å². The van der Waals surface area contributed by atoms with Crippen LogP contribution < -0.4 is 9.30 Å². The molecule has 0 unspecified atom stereocenters. The smallest absolute Gasteiger partial charge is 0.268 e. The molecule has 0 fully saturated rings. The van der Waals surface area contributed by atoms with Crippen LogP contribution in [0.4, 0.5) is 0 Å². The second-order valence-corrected chi connectivity index (χ2v) is 13.0. The number of imidazole rings is 1. The Morgan fingerprint density at radius 1 is 0.733 bits per heavy atom. The highest BCUT2D eigenvalue weighted by Crippen LogP contribution is 2.36. The molecule has 0 atom stereocenters. The molecule has 0 bridgehead atoms. The van der Waals surface area contributed by atoms with Gasteiger partial charge >= 0.3 is 0 Å². The predicted molar refractivity (Wildman–Crippen MR) is 182 cm³/mol. The van der Waals surface area contributed by atoms with Gasteiger partial charge < -0.3 is 4.74 Å². The molecule has 0 radical (unpaired) electrons. The molecule has 7 aromatic rings. The zero-order chi connectivity index (χ0) is 31.5. The standard InChI is InChI=1S/C40H38N4O/c1-26-21-27(2)39(29(4)28(26)3)43-20-19-42(25-43)31-11-10-12-32(23-31)45-33-15-16-35-34-13-8-9-14-36(34)44(37(35)24-33)38-22-30(17-18-41-38)40(5,6)7/h8-24H,1-7H3. The van der Waals surface area contributed by atoms with Gasteiger partial charge in [0.25, 0.3) is 6.33 Å². The molecule has 0 N–H and O–H groups in total. The summed E-state index contributed by atoms with van der Waals surface area (Å²) in [5, 5.41) is 2.35. The number of aromatic nitrogens is 4. The zero-order valence-corrected chi connectivity index (χ0v) is 27.0. The average molecular weight is 591 g/mol. The van der Waals surface area contributed by atoms with Crippen LogP contribution in [0, 0.1) is 34.0 Å². The highest BCUT2D eigenvalue weighted by atomic mass is 16.5. The lowest BCUT2D eigenvalue weighted by Crippen LogP contribution is -2.31. The summed E-state index contributed by atoms with van der Waals surface area (Å²) in [6, 6.07) is 29.5. The first-order valence-electron chi connectivity index (χ1n) is 15.5. The summed E-state index contributed by atoms with van der Waals surface area (Å²) in [5.74, 6) is 2.43. The number of hydrogen-bond acceptors (Lipinski definition) is 2. The Morgan fingerprint density at radius 3 is 2.33 bits per heavy atom. The van der Waals surface area contributed by atoms with Gasteiger partial charge in [0, 0.05) is 35.4 Å². The average Bonchev–Trinajstić information content (AvgIpc) is 3.63. The SMILES string of the molecule is Cc1cc(C)c(-[n+]2[c-]n(-c3cccc(Oc4ccc5c6ccccc6n(-c6cc(C(C)(C)C)ccn6)c5c4)c3)cc2)c(C)c1C. The Kier molecular flexibility index (Phi) is 6.85. The molecule has 0 spiro atoms. The van der Waals surface area contributed by atoms with Gasteiger partial charge in [-0.3, -0.25) is 13.7 Å². The van der Waals surface area contributed by atoms with Crippen molar-refractivity contribution in [3.8, 4) is 28.7 Å². The van der Waals surface area contributed by atoms with E-state index in [0.717, 1.165) is 39.4 Å². The molecule has 45 heavy (non-hydrogen) atoms. The van der Waals surface area contributed by atoms with E-state index in [2.05, 4.69) is 137 Å². The van der Waals surface area contributed by atoms with E-state index in [1.165, 1.54) is 38.9 Å². The van der Waals surface area contributed by atoms with Gasteiger partial charge in [-0.1, -0.05) is 51.1 Å². The summed E-state index contributed by atoms with van der Waals surface area (Å²) in [6.45, 7) is 15.4. The third-order valence-electron chi connectivity index (χ3n) is 8.95. The van der Waals surface area contributed by atoms with Crippen LogP contribution in [0.5, 0.6) is 11.5 Å². The normalized spacial score (nSPS) is 11.9. The number of benzene rings is 4. The maximum absolute atomic E-state index is 6.50. The summed E-state index contributed by atoms with van der Waals surface area (Å²) in [6.07, 6.45) is 9.52. The van der Waals surface area contributed by atoms with Crippen LogP contribution in [0.1, 0.15) is 48.6 Å². The van der Waals surface area contributed by atoms with Crippen molar-refractivity contribution >= 4 is 21.8 Å². The number of nitrogens with zero attached hydrogens (tertiary/aromatic N) is 4. The second-order valence-electron chi connectivity index (χ2n) is 13.0. The molecule has 4 aromatic carbocycles. The molecule has 0 aliphatic heterocycles. The quantitative estimate of drug-likeness (QED) is 0.148. The van der Waals surface area contributed by atoms with Gasteiger partial charge in [0.15, 0.2) is 0 Å². The molecule has 5 heteroatoms. The third kappa shape index (κ3) is 5.08. The van der Waals surface area contributed by atoms with Gasteiger partial charge in [-0.25, -0.2) is 4.98 Å². The first-order valence-corrected chi connectivity index (χ1v) is 15.5. The molecular formula is C40H38N4O. The minimum atomic E-state index is 0.0168.